The Bertz CT molecular complexity index is 1150. The van der Waals surface area contributed by atoms with E-state index >= 15 is 0 Å². The molecule has 1 aromatic carbocycles. The van der Waals surface area contributed by atoms with Crippen molar-refractivity contribution < 1.29 is 4.39 Å². The Kier molecular flexibility index (Phi) is 5.72. The molecule has 1 N–H and O–H groups in total. The molecule has 3 aromatic heterocycles. The van der Waals surface area contributed by atoms with Crippen LogP contribution in [0.2, 0.25) is 0 Å². The van der Waals surface area contributed by atoms with E-state index in [1.54, 1.807) is 25.4 Å². The molecule has 0 aliphatic heterocycles. The molecule has 0 unspecified atom stereocenters. The van der Waals surface area contributed by atoms with Crippen molar-refractivity contribution in [1.82, 2.24) is 24.3 Å². The van der Waals surface area contributed by atoms with Crippen LogP contribution in [0.25, 0.3) is 28.3 Å². The summed E-state index contributed by atoms with van der Waals surface area (Å²) in [5, 5.41) is 2.98. The van der Waals surface area contributed by atoms with E-state index in [4.69, 9.17) is 4.98 Å². The lowest BCUT2D eigenvalue weighted by Crippen LogP contribution is -2.22. The van der Waals surface area contributed by atoms with E-state index < -0.39 is 0 Å². The van der Waals surface area contributed by atoms with Crippen LogP contribution >= 0.6 is 0 Å². The number of nitrogens with zero attached hydrogens (tertiary/aromatic N) is 5. The van der Waals surface area contributed by atoms with Gasteiger partial charge in [0.15, 0.2) is 0 Å². The third kappa shape index (κ3) is 3.89. The molecule has 0 fully saturated rings. The van der Waals surface area contributed by atoms with E-state index in [0.29, 0.717) is 5.95 Å². The molecule has 0 aliphatic rings. The monoisotopic (exact) mass is 404 g/mol. The molecule has 4 aromatic rings. The van der Waals surface area contributed by atoms with E-state index in [9.17, 15) is 4.39 Å². The second kappa shape index (κ2) is 8.59. The van der Waals surface area contributed by atoms with Gasteiger partial charge in [0.1, 0.15) is 11.5 Å². The molecular formula is C23H25FN6. The van der Waals surface area contributed by atoms with Gasteiger partial charge in [0.25, 0.3) is 0 Å². The molecule has 0 spiro atoms. The normalized spacial score (nSPS) is 11.4. The fraction of sp³-hybridized carbons (Fsp3) is 0.261. The summed E-state index contributed by atoms with van der Waals surface area (Å²) < 4.78 is 15.5. The minimum atomic E-state index is -0.273. The molecular weight excluding hydrogens is 379 g/mol. The average molecular weight is 404 g/mol. The van der Waals surface area contributed by atoms with Crippen LogP contribution in [-0.2, 0) is 6.54 Å². The van der Waals surface area contributed by atoms with Crippen molar-refractivity contribution in [2.45, 2.75) is 20.4 Å². The van der Waals surface area contributed by atoms with Crippen LogP contribution < -0.4 is 5.32 Å². The maximum absolute atomic E-state index is 13.5. The van der Waals surface area contributed by atoms with Crippen molar-refractivity contribution in [2.75, 3.05) is 25.5 Å². The fourth-order valence-corrected chi connectivity index (χ4v) is 3.56. The van der Waals surface area contributed by atoms with Gasteiger partial charge in [-0.3, -0.25) is 9.30 Å². The molecule has 6 nitrogen and oxygen atoms in total. The van der Waals surface area contributed by atoms with Crippen LogP contribution in [0.5, 0.6) is 0 Å². The number of pyridine rings is 1. The highest BCUT2D eigenvalue weighted by Crippen LogP contribution is 2.32. The van der Waals surface area contributed by atoms with Gasteiger partial charge in [0.2, 0.25) is 5.95 Å². The highest BCUT2D eigenvalue weighted by Gasteiger charge is 2.18. The molecule has 0 radical (unpaired) electrons. The van der Waals surface area contributed by atoms with Gasteiger partial charge in [-0.25, -0.2) is 19.3 Å². The van der Waals surface area contributed by atoms with Gasteiger partial charge in [-0.2, -0.15) is 0 Å². The highest BCUT2D eigenvalue weighted by atomic mass is 19.1. The summed E-state index contributed by atoms with van der Waals surface area (Å²) in [6.45, 7) is 7.19. The number of anilines is 1. The van der Waals surface area contributed by atoms with Crippen molar-refractivity contribution in [3.63, 3.8) is 0 Å². The van der Waals surface area contributed by atoms with Gasteiger partial charge in [0, 0.05) is 31.5 Å². The maximum atomic E-state index is 13.5. The zero-order valence-corrected chi connectivity index (χ0v) is 17.4. The number of aromatic nitrogens is 4. The van der Waals surface area contributed by atoms with E-state index in [2.05, 4.69) is 46.2 Å². The first-order chi connectivity index (χ1) is 14.6. The lowest BCUT2D eigenvalue weighted by molar-refractivity contribution is 0.296. The quantitative estimate of drug-likeness (QED) is 0.492. The van der Waals surface area contributed by atoms with Gasteiger partial charge < -0.3 is 5.32 Å². The first-order valence-corrected chi connectivity index (χ1v) is 10.1. The molecule has 3 heterocycles. The van der Waals surface area contributed by atoms with Crippen molar-refractivity contribution >= 4 is 11.6 Å². The molecule has 0 atom stereocenters. The van der Waals surface area contributed by atoms with Gasteiger partial charge in [-0.1, -0.05) is 13.8 Å². The maximum Gasteiger partial charge on any atom is 0.222 e. The second-order valence-electron chi connectivity index (χ2n) is 7.06. The van der Waals surface area contributed by atoms with E-state index in [1.165, 1.54) is 17.7 Å². The SMILES string of the molecule is CCN(CC)Cc1ccn2c(-c3ccnc(NC)n3)c(-c3ccc(F)cc3)nc2c1. The number of imidazole rings is 1. The van der Waals surface area contributed by atoms with Crippen LogP contribution in [0.3, 0.4) is 0 Å². The number of rotatable bonds is 7. The summed E-state index contributed by atoms with van der Waals surface area (Å²) >= 11 is 0. The standard InChI is InChI=1S/C23H25FN6/c1-4-29(5-2)15-16-11-13-30-20(14-16)28-21(17-6-8-18(24)9-7-17)22(30)19-10-12-26-23(25-3)27-19/h6-14H,4-5,15H2,1-3H3,(H,25,26,27). The van der Waals surface area contributed by atoms with Gasteiger partial charge in [-0.05, 0) is 61.1 Å². The minimum absolute atomic E-state index is 0.273. The Morgan fingerprint density at radius 1 is 1.03 bits per heavy atom. The molecule has 0 bridgehead atoms. The second-order valence-corrected chi connectivity index (χ2v) is 7.06. The lowest BCUT2D eigenvalue weighted by atomic mass is 10.1. The van der Waals surface area contributed by atoms with Gasteiger partial charge in [0.05, 0.1) is 17.1 Å². The minimum Gasteiger partial charge on any atom is -0.357 e. The summed E-state index contributed by atoms with van der Waals surface area (Å²) in [6.07, 6.45) is 3.75. The first kappa shape index (κ1) is 20.0. The number of fused-ring (bicyclic) bond motifs is 1. The molecule has 154 valence electrons. The molecule has 0 aliphatic carbocycles. The molecule has 7 heteroatoms. The predicted molar refractivity (Wildman–Crippen MR) is 118 cm³/mol. The Hall–Kier alpha value is -3.32. The van der Waals surface area contributed by atoms with Crippen molar-refractivity contribution in [1.29, 1.82) is 0 Å². The van der Waals surface area contributed by atoms with Crippen LogP contribution in [0.1, 0.15) is 19.4 Å². The Morgan fingerprint density at radius 2 is 1.80 bits per heavy atom. The van der Waals surface area contributed by atoms with E-state index in [-0.39, 0.29) is 5.82 Å². The summed E-state index contributed by atoms with van der Waals surface area (Å²) in [6, 6.07) is 12.5. The zero-order chi connectivity index (χ0) is 21.1. The molecule has 30 heavy (non-hydrogen) atoms. The summed E-state index contributed by atoms with van der Waals surface area (Å²) in [7, 11) is 1.79. The summed E-state index contributed by atoms with van der Waals surface area (Å²) in [4.78, 5) is 16.1. The average Bonchev–Trinajstić information content (AvgIpc) is 3.16. The van der Waals surface area contributed by atoms with Crippen LogP contribution in [0.15, 0.2) is 54.9 Å². The predicted octanol–water partition coefficient (Wildman–Crippen LogP) is 4.48. The Labute approximate surface area is 175 Å². The molecule has 0 saturated carbocycles. The Balaban J connectivity index is 1.89. The fourth-order valence-electron chi connectivity index (χ4n) is 3.56. The highest BCUT2D eigenvalue weighted by molar-refractivity contribution is 5.80. The number of halogens is 1. The lowest BCUT2D eigenvalue weighted by Gasteiger charge is -2.17. The van der Waals surface area contributed by atoms with Crippen molar-refractivity contribution in [3.05, 3.63) is 66.2 Å². The largest absolute Gasteiger partial charge is 0.357 e. The van der Waals surface area contributed by atoms with Crippen molar-refractivity contribution in [3.8, 4) is 22.6 Å². The van der Waals surface area contributed by atoms with Crippen molar-refractivity contribution in [2.24, 2.45) is 0 Å². The zero-order valence-electron chi connectivity index (χ0n) is 17.4. The summed E-state index contributed by atoms with van der Waals surface area (Å²) in [5.74, 6) is 0.260. The molecule has 4 rings (SSSR count). The Morgan fingerprint density at radius 3 is 2.50 bits per heavy atom. The van der Waals surface area contributed by atoms with Crippen LogP contribution in [0, 0.1) is 5.82 Å². The number of benzene rings is 1. The van der Waals surface area contributed by atoms with Crippen LogP contribution in [-0.4, -0.2) is 44.4 Å². The molecule has 0 amide bonds. The molecule has 0 saturated heterocycles. The third-order valence-electron chi connectivity index (χ3n) is 5.23. The number of hydrogen-bond acceptors (Lipinski definition) is 5. The number of nitrogens with one attached hydrogen (secondary N) is 1. The number of hydrogen-bond donors (Lipinski definition) is 1. The topological polar surface area (TPSA) is 58.4 Å². The summed E-state index contributed by atoms with van der Waals surface area (Å²) in [5.41, 5.74) is 5.23. The van der Waals surface area contributed by atoms with E-state index in [1.807, 2.05) is 16.7 Å². The van der Waals surface area contributed by atoms with Gasteiger partial charge >= 0.3 is 0 Å². The smallest absolute Gasteiger partial charge is 0.222 e. The first-order valence-electron chi connectivity index (χ1n) is 10.1. The van der Waals surface area contributed by atoms with Gasteiger partial charge in [-0.15, -0.1) is 0 Å². The van der Waals surface area contributed by atoms with Crippen LogP contribution in [0.4, 0.5) is 10.3 Å². The van der Waals surface area contributed by atoms with E-state index in [0.717, 1.165) is 47.9 Å². The third-order valence-corrected chi connectivity index (χ3v) is 5.23.